The SMILES string of the molecule is CCCNCc1cc(Cl)ccc1N1CCC(C)(C(N)=O)C1. The Kier molecular flexibility index (Phi) is 5.12. The number of anilines is 1. The van der Waals surface area contributed by atoms with Gasteiger partial charge in [-0.15, -0.1) is 0 Å². The van der Waals surface area contributed by atoms with Gasteiger partial charge in [-0.3, -0.25) is 4.79 Å². The Morgan fingerprint density at radius 1 is 1.52 bits per heavy atom. The summed E-state index contributed by atoms with van der Waals surface area (Å²) in [6.45, 7) is 7.37. The average molecular weight is 310 g/mol. The van der Waals surface area contributed by atoms with Crippen molar-refractivity contribution >= 4 is 23.2 Å². The number of amides is 1. The number of nitrogens with two attached hydrogens (primary N) is 1. The minimum absolute atomic E-state index is 0.218. The summed E-state index contributed by atoms with van der Waals surface area (Å²) in [5.41, 5.74) is 7.41. The van der Waals surface area contributed by atoms with Crippen molar-refractivity contribution in [3.8, 4) is 0 Å². The monoisotopic (exact) mass is 309 g/mol. The second kappa shape index (κ2) is 6.67. The molecule has 1 saturated heterocycles. The lowest BCUT2D eigenvalue weighted by molar-refractivity contribution is -0.125. The molecule has 1 atom stereocenters. The van der Waals surface area contributed by atoms with Gasteiger partial charge < -0.3 is 16.0 Å². The van der Waals surface area contributed by atoms with E-state index in [-0.39, 0.29) is 5.91 Å². The van der Waals surface area contributed by atoms with Crippen molar-refractivity contribution in [3.05, 3.63) is 28.8 Å². The van der Waals surface area contributed by atoms with Crippen LogP contribution in [0.15, 0.2) is 18.2 Å². The summed E-state index contributed by atoms with van der Waals surface area (Å²) in [6.07, 6.45) is 1.89. The maximum absolute atomic E-state index is 11.6. The van der Waals surface area contributed by atoms with Gasteiger partial charge in [0.1, 0.15) is 0 Å². The van der Waals surface area contributed by atoms with Crippen LogP contribution >= 0.6 is 11.6 Å². The molecule has 1 aliphatic heterocycles. The molecule has 0 aliphatic carbocycles. The van der Waals surface area contributed by atoms with Crippen LogP contribution in [-0.2, 0) is 11.3 Å². The summed E-state index contributed by atoms with van der Waals surface area (Å²) in [4.78, 5) is 13.9. The third kappa shape index (κ3) is 3.69. The summed E-state index contributed by atoms with van der Waals surface area (Å²) in [7, 11) is 0. The van der Waals surface area contributed by atoms with Gasteiger partial charge >= 0.3 is 0 Å². The lowest BCUT2D eigenvalue weighted by atomic mass is 9.89. The summed E-state index contributed by atoms with van der Waals surface area (Å²) in [6, 6.07) is 5.94. The molecule has 3 N–H and O–H groups in total. The van der Waals surface area contributed by atoms with E-state index in [4.69, 9.17) is 17.3 Å². The van der Waals surface area contributed by atoms with E-state index in [1.807, 2.05) is 25.1 Å². The predicted octanol–water partition coefficient (Wildman–Crippen LogP) is 2.54. The van der Waals surface area contributed by atoms with Gasteiger partial charge in [-0.05, 0) is 50.1 Å². The zero-order valence-corrected chi connectivity index (χ0v) is 13.5. The molecule has 1 aromatic carbocycles. The molecule has 0 saturated carbocycles. The number of nitrogens with zero attached hydrogens (tertiary/aromatic N) is 1. The van der Waals surface area contributed by atoms with Gasteiger partial charge in [0.05, 0.1) is 5.41 Å². The molecule has 2 rings (SSSR count). The fourth-order valence-electron chi connectivity index (χ4n) is 2.77. The van der Waals surface area contributed by atoms with E-state index in [1.165, 1.54) is 5.56 Å². The maximum atomic E-state index is 11.6. The van der Waals surface area contributed by atoms with Gasteiger partial charge in [0.15, 0.2) is 0 Å². The van der Waals surface area contributed by atoms with Gasteiger partial charge in [-0.25, -0.2) is 0 Å². The first-order chi connectivity index (χ1) is 9.96. The molecule has 116 valence electrons. The van der Waals surface area contributed by atoms with Crippen molar-refractivity contribution in [1.82, 2.24) is 5.32 Å². The molecule has 1 heterocycles. The highest BCUT2D eigenvalue weighted by molar-refractivity contribution is 6.30. The number of hydrogen-bond acceptors (Lipinski definition) is 3. The fourth-order valence-corrected chi connectivity index (χ4v) is 2.97. The molecular weight excluding hydrogens is 286 g/mol. The predicted molar refractivity (Wildman–Crippen MR) is 87.6 cm³/mol. The molecule has 1 aromatic rings. The van der Waals surface area contributed by atoms with E-state index in [1.54, 1.807) is 0 Å². The van der Waals surface area contributed by atoms with E-state index >= 15 is 0 Å². The van der Waals surface area contributed by atoms with Crippen LogP contribution in [0.4, 0.5) is 5.69 Å². The number of rotatable bonds is 6. The maximum Gasteiger partial charge on any atom is 0.225 e. The zero-order valence-electron chi connectivity index (χ0n) is 12.8. The standard InChI is InChI=1S/C16H24ClN3O/c1-3-7-19-10-12-9-13(17)4-5-14(12)20-8-6-16(2,11-20)15(18)21/h4-5,9,19H,3,6-8,10-11H2,1-2H3,(H2,18,21). The first-order valence-electron chi connectivity index (χ1n) is 7.50. The molecular formula is C16H24ClN3O. The Bertz CT molecular complexity index is 520. The Morgan fingerprint density at radius 2 is 2.29 bits per heavy atom. The summed E-state index contributed by atoms with van der Waals surface area (Å²) in [5, 5.41) is 4.15. The topological polar surface area (TPSA) is 58.4 Å². The number of hydrogen-bond donors (Lipinski definition) is 2. The van der Waals surface area contributed by atoms with Crippen molar-refractivity contribution in [2.24, 2.45) is 11.1 Å². The van der Waals surface area contributed by atoms with Gasteiger partial charge in [-0.1, -0.05) is 18.5 Å². The lowest BCUT2D eigenvalue weighted by Gasteiger charge is -2.25. The highest BCUT2D eigenvalue weighted by Crippen LogP contribution is 2.35. The molecule has 1 fully saturated rings. The Morgan fingerprint density at radius 3 is 2.90 bits per heavy atom. The molecule has 0 spiro atoms. The second-order valence-electron chi connectivity index (χ2n) is 6.05. The molecule has 1 aliphatic rings. The minimum atomic E-state index is -0.437. The van der Waals surface area contributed by atoms with Crippen molar-refractivity contribution < 1.29 is 4.79 Å². The van der Waals surface area contributed by atoms with E-state index < -0.39 is 5.41 Å². The quantitative estimate of drug-likeness (QED) is 0.794. The van der Waals surface area contributed by atoms with Crippen molar-refractivity contribution in [3.63, 3.8) is 0 Å². The number of halogens is 1. The van der Waals surface area contributed by atoms with E-state index in [0.29, 0.717) is 6.54 Å². The van der Waals surface area contributed by atoms with E-state index in [0.717, 1.165) is 43.2 Å². The molecule has 0 aromatic heterocycles. The molecule has 0 radical (unpaired) electrons. The third-order valence-electron chi connectivity index (χ3n) is 4.19. The molecule has 4 nitrogen and oxygen atoms in total. The van der Waals surface area contributed by atoms with Crippen LogP contribution in [0.1, 0.15) is 32.3 Å². The minimum Gasteiger partial charge on any atom is -0.370 e. The van der Waals surface area contributed by atoms with Gasteiger partial charge in [0.2, 0.25) is 5.91 Å². The number of carbonyl (C=O) groups excluding carboxylic acids is 1. The summed E-state index contributed by atoms with van der Waals surface area (Å²) < 4.78 is 0. The lowest BCUT2D eigenvalue weighted by Crippen LogP contribution is -2.37. The molecule has 5 heteroatoms. The Hall–Kier alpha value is -1.26. The van der Waals surface area contributed by atoms with Crippen LogP contribution in [-0.4, -0.2) is 25.5 Å². The Balaban J connectivity index is 2.18. The fraction of sp³-hybridized carbons (Fsp3) is 0.562. The average Bonchev–Trinajstić information content (AvgIpc) is 2.83. The van der Waals surface area contributed by atoms with Gasteiger partial charge in [0, 0.05) is 30.3 Å². The van der Waals surface area contributed by atoms with Crippen molar-refractivity contribution in [2.75, 3.05) is 24.5 Å². The van der Waals surface area contributed by atoms with Crippen LogP contribution in [0.3, 0.4) is 0 Å². The van der Waals surface area contributed by atoms with Gasteiger partial charge in [0.25, 0.3) is 0 Å². The third-order valence-corrected chi connectivity index (χ3v) is 4.43. The van der Waals surface area contributed by atoms with E-state index in [2.05, 4.69) is 17.1 Å². The van der Waals surface area contributed by atoms with E-state index in [9.17, 15) is 4.79 Å². The first kappa shape index (κ1) is 16.1. The normalized spacial score (nSPS) is 21.8. The number of nitrogens with one attached hydrogen (secondary N) is 1. The second-order valence-corrected chi connectivity index (χ2v) is 6.48. The number of carbonyl (C=O) groups is 1. The largest absolute Gasteiger partial charge is 0.370 e. The number of primary amides is 1. The number of benzene rings is 1. The van der Waals surface area contributed by atoms with Crippen LogP contribution in [0.5, 0.6) is 0 Å². The smallest absolute Gasteiger partial charge is 0.225 e. The summed E-state index contributed by atoms with van der Waals surface area (Å²) in [5.74, 6) is -0.218. The highest BCUT2D eigenvalue weighted by Gasteiger charge is 2.39. The van der Waals surface area contributed by atoms with Gasteiger partial charge in [-0.2, -0.15) is 0 Å². The van der Waals surface area contributed by atoms with Crippen molar-refractivity contribution in [2.45, 2.75) is 33.2 Å². The molecule has 1 amide bonds. The van der Waals surface area contributed by atoms with Crippen LogP contribution in [0.2, 0.25) is 5.02 Å². The zero-order chi connectivity index (χ0) is 15.5. The summed E-state index contributed by atoms with van der Waals surface area (Å²) >= 11 is 6.12. The highest BCUT2D eigenvalue weighted by atomic mass is 35.5. The van der Waals surface area contributed by atoms with Crippen LogP contribution in [0, 0.1) is 5.41 Å². The Labute approximate surface area is 131 Å². The molecule has 1 unspecified atom stereocenters. The molecule has 0 bridgehead atoms. The van der Waals surface area contributed by atoms with Crippen LogP contribution < -0.4 is 16.0 Å². The van der Waals surface area contributed by atoms with Crippen molar-refractivity contribution in [1.29, 1.82) is 0 Å². The first-order valence-corrected chi connectivity index (χ1v) is 7.88. The molecule has 21 heavy (non-hydrogen) atoms. The van der Waals surface area contributed by atoms with Crippen LogP contribution in [0.25, 0.3) is 0 Å².